The van der Waals surface area contributed by atoms with Gasteiger partial charge in [-0.25, -0.2) is 15.0 Å². The fraction of sp³-hybridized carbons (Fsp3) is 0. The maximum absolute atomic E-state index is 5.47. The Morgan fingerprint density at radius 1 is 0.328 bits per heavy atom. The van der Waals surface area contributed by atoms with Crippen molar-refractivity contribution in [3.05, 3.63) is 200 Å². The molecule has 0 aliphatic rings. The number of fused-ring (bicyclic) bond motifs is 12. The van der Waals surface area contributed by atoms with Crippen LogP contribution in [0.1, 0.15) is 0 Å². The summed E-state index contributed by atoms with van der Waals surface area (Å²) in [7, 11) is 0. The van der Waals surface area contributed by atoms with Gasteiger partial charge in [-0.2, -0.15) is 0 Å². The molecule has 270 valence electrons. The Morgan fingerprint density at radius 2 is 0.845 bits per heavy atom. The quantitative estimate of drug-likeness (QED) is 0.165. The molecule has 0 spiro atoms. The zero-order valence-corrected chi connectivity index (χ0v) is 31.3. The first-order valence-electron chi connectivity index (χ1n) is 19.6. The number of pyridine rings is 1. The van der Waals surface area contributed by atoms with Crippen LogP contribution in [0.25, 0.3) is 111 Å². The largest absolute Gasteiger partial charge is 0.291 e. The lowest BCUT2D eigenvalue weighted by atomic mass is 10.0. The lowest BCUT2D eigenvalue weighted by Gasteiger charge is -2.15. The molecule has 12 aromatic rings. The smallest absolute Gasteiger partial charge is 0.162 e. The summed E-state index contributed by atoms with van der Waals surface area (Å²) in [6.07, 6.45) is 0. The highest BCUT2D eigenvalue weighted by molar-refractivity contribution is 6.24. The Balaban J connectivity index is 1.17. The molecule has 0 atom stereocenters. The normalized spacial score (nSPS) is 11.8. The van der Waals surface area contributed by atoms with Crippen molar-refractivity contribution in [2.75, 3.05) is 0 Å². The van der Waals surface area contributed by atoms with Gasteiger partial charge in [-0.1, -0.05) is 176 Å². The summed E-state index contributed by atoms with van der Waals surface area (Å²) in [5, 5.41) is 5.76. The van der Waals surface area contributed by atoms with Gasteiger partial charge in [0, 0.05) is 38.7 Å². The van der Waals surface area contributed by atoms with Crippen LogP contribution < -0.4 is 0 Å². The Kier molecular flexibility index (Phi) is 7.16. The first-order chi connectivity index (χ1) is 28.8. The Morgan fingerprint density at radius 3 is 1.53 bits per heavy atom. The monoisotopic (exact) mass is 739 g/mol. The maximum atomic E-state index is 5.47. The van der Waals surface area contributed by atoms with Crippen molar-refractivity contribution in [2.24, 2.45) is 0 Å². The van der Waals surface area contributed by atoms with Gasteiger partial charge in [0.05, 0.1) is 33.3 Å². The van der Waals surface area contributed by atoms with Crippen LogP contribution in [0.3, 0.4) is 0 Å². The number of rotatable bonds is 5. The predicted octanol–water partition coefficient (Wildman–Crippen LogP) is 13.3. The van der Waals surface area contributed by atoms with E-state index in [-0.39, 0.29) is 0 Å². The van der Waals surface area contributed by atoms with Crippen molar-refractivity contribution in [1.82, 2.24) is 23.9 Å². The van der Waals surface area contributed by atoms with Crippen LogP contribution in [-0.2, 0) is 0 Å². The average molecular weight is 740 g/mol. The van der Waals surface area contributed by atoms with Crippen LogP contribution >= 0.6 is 0 Å². The fourth-order valence-electron chi connectivity index (χ4n) is 8.80. The zero-order valence-electron chi connectivity index (χ0n) is 31.3. The second-order valence-corrected chi connectivity index (χ2v) is 14.8. The molecule has 0 aliphatic heterocycles. The highest BCUT2D eigenvalue weighted by atomic mass is 15.1. The molecule has 0 radical (unpaired) electrons. The Labute approximate surface area is 333 Å². The highest BCUT2D eigenvalue weighted by Crippen LogP contribution is 2.41. The summed E-state index contributed by atoms with van der Waals surface area (Å²) < 4.78 is 4.71. The summed E-state index contributed by atoms with van der Waals surface area (Å²) in [6, 6.07) is 70.7. The number of hydrogen-bond donors (Lipinski definition) is 0. The summed E-state index contributed by atoms with van der Waals surface area (Å²) in [5.41, 5.74) is 13.7. The summed E-state index contributed by atoms with van der Waals surface area (Å²) >= 11 is 0. The van der Waals surface area contributed by atoms with E-state index in [1.807, 2.05) is 6.07 Å². The van der Waals surface area contributed by atoms with Crippen molar-refractivity contribution >= 4 is 60.2 Å². The number of benzene rings is 8. The van der Waals surface area contributed by atoms with Crippen molar-refractivity contribution in [1.29, 1.82) is 0 Å². The Hall–Kier alpha value is -7.89. The second-order valence-electron chi connectivity index (χ2n) is 14.8. The van der Waals surface area contributed by atoms with E-state index in [9.17, 15) is 0 Å². The van der Waals surface area contributed by atoms with Crippen molar-refractivity contribution < 1.29 is 0 Å². The lowest BCUT2D eigenvalue weighted by Crippen LogP contribution is -2.04. The fourth-order valence-corrected chi connectivity index (χ4v) is 8.80. The third kappa shape index (κ3) is 5.00. The molecule has 0 amide bonds. The van der Waals surface area contributed by atoms with Gasteiger partial charge in [0.2, 0.25) is 0 Å². The first kappa shape index (κ1) is 32.4. The molecule has 8 aromatic carbocycles. The van der Waals surface area contributed by atoms with Gasteiger partial charge in [0.25, 0.3) is 0 Å². The maximum Gasteiger partial charge on any atom is 0.162 e. The van der Waals surface area contributed by atoms with Crippen molar-refractivity contribution in [3.63, 3.8) is 0 Å². The van der Waals surface area contributed by atoms with E-state index < -0.39 is 0 Å². The topological polar surface area (TPSA) is 48.0 Å². The van der Waals surface area contributed by atoms with E-state index in [2.05, 4.69) is 203 Å². The number of aromatic nitrogens is 5. The second kappa shape index (κ2) is 12.8. The van der Waals surface area contributed by atoms with Gasteiger partial charge in [-0.15, -0.1) is 0 Å². The van der Waals surface area contributed by atoms with Crippen LogP contribution in [0.4, 0.5) is 0 Å². The summed E-state index contributed by atoms with van der Waals surface area (Å²) in [5.74, 6) is 1.46. The van der Waals surface area contributed by atoms with E-state index >= 15 is 0 Å². The molecule has 12 rings (SSSR count). The molecule has 0 bridgehead atoms. The van der Waals surface area contributed by atoms with Crippen LogP contribution in [0.2, 0.25) is 0 Å². The van der Waals surface area contributed by atoms with E-state index in [0.717, 1.165) is 88.5 Å². The molecule has 5 heteroatoms. The van der Waals surface area contributed by atoms with Crippen LogP contribution in [0.15, 0.2) is 200 Å². The third-order valence-corrected chi connectivity index (χ3v) is 11.5. The minimum Gasteiger partial charge on any atom is -0.291 e. The standard InChI is InChI=1S/C53H33N5/c1-3-13-34(14-4-1)36-23-27-38(28-24-36)46-33-49(56-52(54-46)39-29-25-37(26-30-39)35-15-5-2-6-16-35)57-47-21-11-9-18-41(47)43-32-31-42-40-17-7-8-19-44(40)53-55-45-20-10-12-22-48(45)58(53)51(42)50(43)57/h1-33H. The van der Waals surface area contributed by atoms with E-state index in [1.54, 1.807) is 0 Å². The molecule has 4 aromatic heterocycles. The number of nitrogens with zero attached hydrogens (tertiary/aromatic N) is 5. The number of hydrogen-bond acceptors (Lipinski definition) is 3. The van der Waals surface area contributed by atoms with E-state index in [1.165, 1.54) is 16.5 Å². The summed E-state index contributed by atoms with van der Waals surface area (Å²) in [4.78, 5) is 16.0. The molecule has 0 fully saturated rings. The minimum atomic E-state index is 0.661. The molecule has 0 aliphatic carbocycles. The van der Waals surface area contributed by atoms with E-state index in [4.69, 9.17) is 15.0 Å². The molecule has 5 nitrogen and oxygen atoms in total. The Bertz CT molecular complexity index is 3430. The predicted molar refractivity (Wildman–Crippen MR) is 239 cm³/mol. The molecule has 0 saturated heterocycles. The van der Waals surface area contributed by atoms with Crippen LogP contribution in [0, 0.1) is 0 Å². The van der Waals surface area contributed by atoms with Gasteiger partial charge < -0.3 is 0 Å². The molecular weight excluding hydrogens is 707 g/mol. The molecule has 0 saturated carbocycles. The van der Waals surface area contributed by atoms with Gasteiger partial charge in [-0.05, 0) is 45.8 Å². The van der Waals surface area contributed by atoms with Gasteiger partial charge in [-0.3, -0.25) is 8.97 Å². The molecular formula is C53H33N5. The molecule has 0 N–H and O–H groups in total. The lowest BCUT2D eigenvalue weighted by molar-refractivity contribution is 1.05. The zero-order chi connectivity index (χ0) is 38.2. The van der Waals surface area contributed by atoms with Crippen LogP contribution in [0.5, 0.6) is 0 Å². The van der Waals surface area contributed by atoms with Gasteiger partial charge in [0.1, 0.15) is 11.5 Å². The van der Waals surface area contributed by atoms with Crippen molar-refractivity contribution in [3.8, 4) is 50.7 Å². The van der Waals surface area contributed by atoms with Crippen molar-refractivity contribution in [2.45, 2.75) is 0 Å². The van der Waals surface area contributed by atoms with Gasteiger partial charge >= 0.3 is 0 Å². The first-order valence-corrected chi connectivity index (χ1v) is 19.6. The SMILES string of the molecule is c1ccc(-c2ccc(-c3cc(-n4c5ccccc5c5ccc6c7ccccc7c7nc8ccccc8n7c6c54)nc(-c4ccc(-c5ccccc5)cc4)n3)cc2)cc1. The molecule has 4 heterocycles. The molecule has 0 unspecified atom stereocenters. The van der Waals surface area contributed by atoms with Crippen LogP contribution in [-0.4, -0.2) is 23.9 Å². The molecule has 58 heavy (non-hydrogen) atoms. The average Bonchev–Trinajstić information content (AvgIpc) is 3.86. The summed E-state index contributed by atoms with van der Waals surface area (Å²) in [6.45, 7) is 0. The van der Waals surface area contributed by atoms with E-state index in [0.29, 0.717) is 5.82 Å². The highest BCUT2D eigenvalue weighted by Gasteiger charge is 2.22. The number of imidazole rings is 1. The minimum absolute atomic E-state index is 0.661. The third-order valence-electron chi connectivity index (χ3n) is 11.5. The van der Waals surface area contributed by atoms with Gasteiger partial charge in [0.15, 0.2) is 5.82 Å². The number of para-hydroxylation sites is 3.